The topological polar surface area (TPSA) is 105 Å². The number of piperidine rings is 1. The number of benzene rings is 1. The highest BCUT2D eigenvalue weighted by atomic mass is 16.6. The van der Waals surface area contributed by atoms with Crippen molar-refractivity contribution in [1.82, 2.24) is 10.2 Å². The van der Waals surface area contributed by atoms with E-state index in [9.17, 15) is 20.0 Å². The lowest BCUT2D eigenvalue weighted by Gasteiger charge is -2.33. The largest absolute Gasteiger partial charge is 0.508 e. The summed E-state index contributed by atoms with van der Waals surface area (Å²) in [5.74, 6) is 0.0318. The van der Waals surface area contributed by atoms with E-state index in [0.29, 0.717) is 25.2 Å². The quantitative estimate of drug-likeness (QED) is 0.638. The number of carbonyl (C=O) groups excluding carboxylic acids is 1. The Morgan fingerprint density at radius 3 is 2.60 bits per heavy atom. The number of nitro benzene ring substituents is 1. The molecule has 1 aliphatic heterocycles. The van der Waals surface area contributed by atoms with Crippen molar-refractivity contribution < 1.29 is 19.6 Å². The number of phenolic OH excluding ortho intramolecular Hbond substituents is 1. The number of ether oxygens (including phenoxy) is 1. The maximum Gasteiger partial charge on any atom is 0.410 e. The summed E-state index contributed by atoms with van der Waals surface area (Å²) in [5.41, 5.74) is -0.0655. The summed E-state index contributed by atoms with van der Waals surface area (Å²) >= 11 is 0. The van der Waals surface area contributed by atoms with Gasteiger partial charge in [-0.2, -0.15) is 0 Å². The number of hydrogen-bond donors (Lipinski definition) is 2. The first-order valence-corrected chi connectivity index (χ1v) is 8.33. The highest BCUT2D eigenvalue weighted by Crippen LogP contribution is 2.23. The molecule has 1 heterocycles. The molecule has 0 atom stereocenters. The third kappa shape index (κ3) is 5.60. The minimum atomic E-state index is -0.508. The van der Waals surface area contributed by atoms with Crippen molar-refractivity contribution in [2.45, 2.75) is 51.8 Å². The molecule has 1 fully saturated rings. The van der Waals surface area contributed by atoms with Crippen LogP contribution >= 0.6 is 0 Å². The van der Waals surface area contributed by atoms with E-state index in [1.807, 2.05) is 20.8 Å². The molecule has 0 radical (unpaired) electrons. The van der Waals surface area contributed by atoms with Gasteiger partial charge < -0.3 is 20.1 Å². The highest BCUT2D eigenvalue weighted by Gasteiger charge is 2.26. The molecule has 0 aromatic heterocycles. The first kappa shape index (κ1) is 19.0. The van der Waals surface area contributed by atoms with Crippen LogP contribution in [0, 0.1) is 10.1 Å². The predicted octanol–water partition coefficient (Wildman–Crippen LogP) is 2.79. The number of nitrogens with zero attached hydrogens (tertiary/aromatic N) is 2. The number of non-ortho nitro benzene ring substituents is 1. The van der Waals surface area contributed by atoms with Crippen molar-refractivity contribution in [2.75, 3.05) is 13.1 Å². The smallest absolute Gasteiger partial charge is 0.410 e. The predicted molar refractivity (Wildman–Crippen MR) is 92.4 cm³/mol. The van der Waals surface area contributed by atoms with Crippen LogP contribution in [-0.2, 0) is 11.3 Å². The Morgan fingerprint density at radius 2 is 2.04 bits per heavy atom. The number of nitro groups is 1. The fourth-order valence-electron chi connectivity index (χ4n) is 2.67. The minimum Gasteiger partial charge on any atom is -0.508 e. The summed E-state index contributed by atoms with van der Waals surface area (Å²) in [4.78, 5) is 24.1. The molecule has 0 unspecified atom stereocenters. The van der Waals surface area contributed by atoms with Gasteiger partial charge in [0.1, 0.15) is 11.4 Å². The number of hydrogen-bond acceptors (Lipinski definition) is 6. The van der Waals surface area contributed by atoms with Gasteiger partial charge in [0.25, 0.3) is 5.69 Å². The van der Waals surface area contributed by atoms with Gasteiger partial charge in [0.15, 0.2) is 0 Å². The minimum absolute atomic E-state index is 0.0318. The zero-order chi connectivity index (χ0) is 18.6. The maximum atomic E-state index is 12.0. The molecule has 1 amide bonds. The highest BCUT2D eigenvalue weighted by molar-refractivity contribution is 5.68. The summed E-state index contributed by atoms with van der Waals surface area (Å²) in [6, 6.07) is 4.16. The van der Waals surface area contributed by atoms with Gasteiger partial charge in [0.05, 0.1) is 4.92 Å². The number of carbonyl (C=O) groups is 1. The Balaban J connectivity index is 1.84. The van der Waals surface area contributed by atoms with E-state index in [1.165, 1.54) is 18.2 Å². The van der Waals surface area contributed by atoms with Gasteiger partial charge in [-0.05, 0) is 39.7 Å². The lowest BCUT2D eigenvalue weighted by molar-refractivity contribution is -0.384. The van der Waals surface area contributed by atoms with Gasteiger partial charge >= 0.3 is 6.09 Å². The third-order valence-electron chi connectivity index (χ3n) is 4.00. The molecule has 0 spiro atoms. The second-order valence-corrected chi connectivity index (χ2v) is 7.19. The molecule has 25 heavy (non-hydrogen) atoms. The molecule has 1 aromatic carbocycles. The van der Waals surface area contributed by atoms with Gasteiger partial charge in [-0.1, -0.05) is 0 Å². The number of aromatic hydroxyl groups is 1. The van der Waals surface area contributed by atoms with Crippen LogP contribution in [0.2, 0.25) is 0 Å². The van der Waals surface area contributed by atoms with E-state index >= 15 is 0 Å². The van der Waals surface area contributed by atoms with Crippen LogP contribution < -0.4 is 5.32 Å². The molecule has 1 aliphatic rings. The lowest BCUT2D eigenvalue weighted by atomic mass is 10.0. The van der Waals surface area contributed by atoms with Crippen LogP contribution in [0.1, 0.15) is 39.2 Å². The summed E-state index contributed by atoms with van der Waals surface area (Å²) < 4.78 is 5.36. The second-order valence-electron chi connectivity index (χ2n) is 7.19. The van der Waals surface area contributed by atoms with Crippen molar-refractivity contribution >= 4 is 11.8 Å². The molecular formula is C17H25N3O5. The van der Waals surface area contributed by atoms with Crippen molar-refractivity contribution in [3.05, 3.63) is 33.9 Å². The van der Waals surface area contributed by atoms with E-state index < -0.39 is 10.5 Å². The number of rotatable bonds is 4. The van der Waals surface area contributed by atoms with Gasteiger partial charge in [0.2, 0.25) is 0 Å². The number of phenols is 1. The van der Waals surface area contributed by atoms with Gasteiger partial charge in [-0.15, -0.1) is 0 Å². The van der Waals surface area contributed by atoms with Crippen LogP contribution in [0.15, 0.2) is 18.2 Å². The molecule has 1 saturated heterocycles. The third-order valence-corrected chi connectivity index (χ3v) is 4.00. The van der Waals surface area contributed by atoms with Crippen LogP contribution in [-0.4, -0.2) is 45.8 Å². The molecule has 0 aliphatic carbocycles. The molecule has 1 aromatic rings. The van der Waals surface area contributed by atoms with Crippen molar-refractivity contribution in [1.29, 1.82) is 0 Å². The van der Waals surface area contributed by atoms with Gasteiger partial charge in [-0.25, -0.2) is 4.79 Å². The zero-order valence-corrected chi connectivity index (χ0v) is 14.8. The summed E-state index contributed by atoms with van der Waals surface area (Å²) in [6.07, 6.45) is 1.21. The van der Waals surface area contributed by atoms with Gasteiger partial charge in [-0.3, -0.25) is 10.1 Å². The van der Waals surface area contributed by atoms with E-state index in [4.69, 9.17) is 4.74 Å². The second kappa shape index (κ2) is 7.69. The zero-order valence-electron chi connectivity index (χ0n) is 14.8. The molecular weight excluding hydrogens is 326 g/mol. The molecule has 0 bridgehead atoms. The Hall–Kier alpha value is -2.35. The average Bonchev–Trinajstić information content (AvgIpc) is 2.52. The fraction of sp³-hybridized carbons (Fsp3) is 0.588. The van der Waals surface area contributed by atoms with E-state index in [1.54, 1.807) is 4.90 Å². The van der Waals surface area contributed by atoms with E-state index in [-0.39, 0.29) is 23.6 Å². The molecule has 0 saturated carbocycles. The van der Waals surface area contributed by atoms with Crippen molar-refractivity contribution in [2.24, 2.45) is 0 Å². The Morgan fingerprint density at radius 1 is 1.40 bits per heavy atom. The van der Waals surface area contributed by atoms with Gasteiger partial charge in [0, 0.05) is 43.4 Å². The maximum absolute atomic E-state index is 12.0. The monoisotopic (exact) mass is 351 g/mol. The SMILES string of the molecule is CC(C)(C)OC(=O)N1CCC(NCc2cc([N+](=O)[O-])ccc2O)CC1. The Bertz CT molecular complexity index is 634. The standard InChI is InChI=1S/C17H25N3O5/c1-17(2,3)25-16(22)19-8-6-13(7-9-19)18-11-12-10-14(20(23)24)4-5-15(12)21/h4-5,10,13,18,21H,6-9,11H2,1-3H3. The van der Waals surface area contributed by atoms with E-state index in [2.05, 4.69) is 5.32 Å². The Kier molecular flexibility index (Phi) is 5.84. The normalized spacial score (nSPS) is 15.9. The van der Waals surface area contributed by atoms with E-state index in [0.717, 1.165) is 12.8 Å². The van der Waals surface area contributed by atoms with Crippen molar-refractivity contribution in [3.8, 4) is 5.75 Å². The Labute approximate surface area is 146 Å². The number of likely N-dealkylation sites (tertiary alicyclic amines) is 1. The molecule has 2 N–H and O–H groups in total. The van der Waals surface area contributed by atoms with Crippen molar-refractivity contribution in [3.63, 3.8) is 0 Å². The first-order valence-electron chi connectivity index (χ1n) is 8.33. The summed E-state index contributed by atoms with van der Waals surface area (Å²) in [7, 11) is 0. The van der Waals surface area contributed by atoms with Crippen LogP contribution in [0.5, 0.6) is 5.75 Å². The molecule has 8 heteroatoms. The van der Waals surface area contributed by atoms with Crippen LogP contribution in [0.25, 0.3) is 0 Å². The molecule has 8 nitrogen and oxygen atoms in total. The molecule has 138 valence electrons. The fourth-order valence-corrected chi connectivity index (χ4v) is 2.67. The summed E-state index contributed by atoms with van der Waals surface area (Å²) in [5, 5.41) is 24.0. The van der Waals surface area contributed by atoms with Crippen LogP contribution in [0.4, 0.5) is 10.5 Å². The first-order chi connectivity index (χ1) is 11.7. The average molecular weight is 351 g/mol. The molecule has 2 rings (SSSR count). The number of nitrogens with one attached hydrogen (secondary N) is 1. The van der Waals surface area contributed by atoms with Crippen LogP contribution in [0.3, 0.4) is 0 Å². The summed E-state index contributed by atoms with van der Waals surface area (Å²) in [6.45, 7) is 7.03. The lowest BCUT2D eigenvalue weighted by Crippen LogP contribution is -2.46. The number of amides is 1.